The molecule has 190 valence electrons. The van der Waals surface area contributed by atoms with Crippen molar-refractivity contribution < 1.29 is 24.1 Å². The Morgan fingerprint density at radius 2 is 1.81 bits per heavy atom. The molecular formula is C26H52O5Si. The Balaban J connectivity index is 2.85. The molecule has 32 heavy (non-hydrogen) atoms. The number of methoxy groups -OCH3 is 1. The number of rotatable bonds is 13. The van der Waals surface area contributed by atoms with Crippen LogP contribution in [0.15, 0.2) is 12.2 Å². The maximum atomic E-state index is 9.83. The summed E-state index contributed by atoms with van der Waals surface area (Å²) in [7, 11) is -0.224. The van der Waals surface area contributed by atoms with Gasteiger partial charge in [0, 0.05) is 26.4 Å². The minimum atomic E-state index is -1.89. The average Bonchev–Trinajstić information content (AvgIpc) is 2.68. The second-order valence-corrected chi connectivity index (χ2v) is 16.5. The molecule has 1 saturated heterocycles. The molecule has 2 N–H and O–H groups in total. The van der Waals surface area contributed by atoms with Crippen molar-refractivity contribution in [2.24, 2.45) is 11.8 Å². The van der Waals surface area contributed by atoms with Gasteiger partial charge in [-0.15, -0.1) is 0 Å². The lowest BCUT2D eigenvalue weighted by Crippen LogP contribution is -2.45. The van der Waals surface area contributed by atoms with E-state index in [1.165, 1.54) is 0 Å². The number of hydrogen-bond donors (Lipinski definition) is 2. The normalized spacial score (nSPS) is 25.9. The van der Waals surface area contributed by atoms with Crippen LogP contribution >= 0.6 is 0 Å². The Bertz CT molecular complexity index is 543. The van der Waals surface area contributed by atoms with Crippen LogP contribution in [0.25, 0.3) is 0 Å². The first-order chi connectivity index (χ1) is 14.8. The third-order valence-corrected chi connectivity index (χ3v) is 11.7. The van der Waals surface area contributed by atoms with E-state index >= 15 is 0 Å². The molecule has 0 spiro atoms. The zero-order chi connectivity index (χ0) is 24.5. The molecule has 0 radical (unpaired) electrons. The highest BCUT2D eigenvalue weighted by Gasteiger charge is 2.40. The average molecular weight is 473 g/mol. The summed E-state index contributed by atoms with van der Waals surface area (Å²) in [5.74, 6) is 1.09. The van der Waals surface area contributed by atoms with E-state index in [4.69, 9.17) is 13.9 Å². The zero-order valence-corrected chi connectivity index (χ0v) is 23.3. The van der Waals surface area contributed by atoms with Crippen LogP contribution < -0.4 is 0 Å². The van der Waals surface area contributed by atoms with Crippen LogP contribution in [0.1, 0.15) is 80.1 Å². The highest BCUT2D eigenvalue weighted by atomic mass is 28.4. The summed E-state index contributed by atoms with van der Waals surface area (Å²) in [6, 6.07) is 0. The van der Waals surface area contributed by atoms with E-state index in [1.54, 1.807) is 7.11 Å². The van der Waals surface area contributed by atoms with Crippen LogP contribution in [0.2, 0.25) is 18.1 Å². The Labute approximate surface area is 199 Å². The van der Waals surface area contributed by atoms with Crippen molar-refractivity contribution in [3.05, 3.63) is 12.2 Å². The molecule has 0 bridgehead atoms. The fraction of sp³-hybridized carbons (Fsp3) is 0.923. The largest absolute Gasteiger partial charge is 0.410 e. The minimum absolute atomic E-state index is 0.0723. The quantitative estimate of drug-likeness (QED) is 0.266. The molecule has 1 heterocycles. The van der Waals surface area contributed by atoms with E-state index in [2.05, 4.69) is 66.8 Å². The second-order valence-electron chi connectivity index (χ2n) is 11.7. The number of aliphatic hydroxyl groups is 2. The summed E-state index contributed by atoms with van der Waals surface area (Å²) < 4.78 is 19.0. The summed E-state index contributed by atoms with van der Waals surface area (Å²) in [5.41, 5.74) is 0. The highest BCUT2D eigenvalue weighted by Crippen LogP contribution is 2.39. The van der Waals surface area contributed by atoms with Gasteiger partial charge in [-0.1, -0.05) is 53.7 Å². The number of ether oxygens (including phenoxy) is 2. The molecule has 1 rings (SSSR count). The summed E-state index contributed by atoms with van der Waals surface area (Å²) in [6.07, 6.45) is 9.29. The van der Waals surface area contributed by atoms with Gasteiger partial charge in [0.1, 0.15) is 0 Å². The van der Waals surface area contributed by atoms with E-state index in [-0.39, 0.29) is 36.1 Å². The summed E-state index contributed by atoms with van der Waals surface area (Å²) >= 11 is 0. The fourth-order valence-electron chi connectivity index (χ4n) is 3.95. The molecule has 0 amide bonds. The van der Waals surface area contributed by atoms with Gasteiger partial charge >= 0.3 is 0 Å². The monoisotopic (exact) mass is 472 g/mol. The predicted octanol–water partition coefficient (Wildman–Crippen LogP) is 5.70. The molecule has 0 aromatic rings. The van der Waals surface area contributed by atoms with Gasteiger partial charge in [-0.3, -0.25) is 0 Å². The first-order valence-electron chi connectivity index (χ1n) is 12.6. The Morgan fingerprint density at radius 1 is 1.16 bits per heavy atom. The number of aliphatic hydroxyl groups excluding tert-OH is 2. The van der Waals surface area contributed by atoms with Crippen molar-refractivity contribution in [1.29, 1.82) is 0 Å². The van der Waals surface area contributed by atoms with Crippen LogP contribution in [0, 0.1) is 11.8 Å². The van der Waals surface area contributed by atoms with Crippen molar-refractivity contribution in [2.75, 3.05) is 13.7 Å². The van der Waals surface area contributed by atoms with Gasteiger partial charge in [0.2, 0.25) is 0 Å². The lowest BCUT2D eigenvalue weighted by Gasteiger charge is -2.41. The molecule has 6 heteroatoms. The van der Waals surface area contributed by atoms with Crippen molar-refractivity contribution in [1.82, 2.24) is 0 Å². The Kier molecular flexibility index (Phi) is 12.7. The van der Waals surface area contributed by atoms with Gasteiger partial charge in [0.05, 0.1) is 37.1 Å². The van der Waals surface area contributed by atoms with Crippen LogP contribution in [0.4, 0.5) is 0 Å². The molecule has 0 aromatic carbocycles. The van der Waals surface area contributed by atoms with Crippen LogP contribution in [-0.2, 0) is 13.9 Å². The first-order valence-corrected chi connectivity index (χ1v) is 15.5. The lowest BCUT2D eigenvalue weighted by atomic mass is 9.87. The predicted molar refractivity (Wildman–Crippen MR) is 135 cm³/mol. The molecule has 1 unspecified atom stereocenters. The fourth-order valence-corrected chi connectivity index (χ4v) is 5.24. The lowest BCUT2D eigenvalue weighted by molar-refractivity contribution is -0.112. The zero-order valence-electron chi connectivity index (χ0n) is 22.3. The molecular weight excluding hydrogens is 420 g/mol. The van der Waals surface area contributed by atoms with Gasteiger partial charge in [-0.2, -0.15) is 0 Å². The molecule has 1 aliphatic heterocycles. The molecule has 0 aliphatic carbocycles. The van der Waals surface area contributed by atoms with Gasteiger partial charge in [0.15, 0.2) is 8.32 Å². The minimum Gasteiger partial charge on any atom is -0.410 e. The third kappa shape index (κ3) is 10.4. The summed E-state index contributed by atoms with van der Waals surface area (Å²) in [6.45, 7) is 18.0. The van der Waals surface area contributed by atoms with Gasteiger partial charge < -0.3 is 24.1 Å². The molecule has 6 atom stereocenters. The van der Waals surface area contributed by atoms with Crippen LogP contribution in [-0.4, -0.2) is 62.8 Å². The first kappa shape index (κ1) is 29.8. The van der Waals surface area contributed by atoms with E-state index in [9.17, 15) is 10.2 Å². The highest BCUT2D eigenvalue weighted by molar-refractivity contribution is 6.74. The summed E-state index contributed by atoms with van der Waals surface area (Å²) in [4.78, 5) is 0. The topological polar surface area (TPSA) is 68.2 Å². The van der Waals surface area contributed by atoms with Gasteiger partial charge in [-0.05, 0) is 49.2 Å². The summed E-state index contributed by atoms with van der Waals surface area (Å²) in [5, 5.41) is 19.2. The van der Waals surface area contributed by atoms with E-state index in [0.29, 0.717) is 18.3 Å². The maximum absolute atomic E-state index is 9.83. The van der Waals surface area contributed by atoms with Gasteiger partial charge in [-0.25, -0.2) is 0 Å². The third-order valence-electron chi connectivity index (χ3n) is 7.23. The molecule has 0 aromatic heterocycles. The molecule has 1 fully saturated rings. The number of allylic oxidation sites excluding steroid dienone is 1. The smallest absolute Gasteiger partial charge is 0.192 e. The Morgan fingerprint density at radius 3 is 2.34 bits per heavy atom. The van der Waals surface area contributed by atoms with Crippen LogP contribution in [0.3, 0.4) is 0 Å². The molecule has 5 nitrogen and oxygen atoms in total. The molecule has 0 saturated carbocycles. The SMILES string of the molecule is CO[C@@H](CC(O)CO)C[C@H]1O[C@H](C[C@H](/C=C/CC(C)C)O[Si](C)(C)C(C)(C)C)CC[C@@H]1C. The maximum Gasteiger partial charge on any atom is 0.192 e. The van der Waals surface area contributed by atoms with E-state index in [1.807, 2.05) is 0 Å². The number of hydrogen-bond acceptors (Lipinski definition) is 5. The Hall–Kier alpha value is -0.243. The van der Waals surface area contributed by atoms with Crippen molar-refractivity contribution in [3.63, 3.8) is 0 Å². The van der Waals surface area contributed by atoms with Gasteiger partial charge in [0.25, 0.3) is 0 Å². The van der Waals surface area contributed by atoms with Crippen molar-refractivity contribution in [3.8, 4) is 0 Å². The van der Waals surface area contributed by atoms with Crippen molar-refractivity contribution in [2.45, 2.75) is 129 Å². The standard InChI is InChI=1S/C26H52O5Si/c1-19(2)11-10-12-23(31-32(8,9)26(4,5)6)16-22-14-13-20(3)25(30-22)17-24(29-7)15-21(28)18-27/h10,12,19-25,27-28H,11,13-18H2,1-9H3/b12-10+/t20-,21?,22-,23-,24-,25+/m0/s1. The second kappa shape index (κ2) is 13.6. The van der Waals surface area contributed by atoms with Crippen LogP contribution in [0.5, 0.6) is 0 Å². The van der Waals surface area contributed by atoms with Crippen molar-refractivity contribution >= 4 is 8.32 Å². The van der Waals surface area contributed by atoms with E-state index in [0.717, 1.165) is 32.1 Å². The van der Waals surface area contributed by atoms with E-state index < -0.39 is 14.4 Å². The molecule has 1 aliphatic rings.